The third-order valence-corrected chi connectivity index (χ3v) is 5.02. The molecule has 1 aliphatic heterocycles. The van der Waals surface area contributed by atoms with Gasteiger partial charge in [0.05, 0.1) is 0 Å². The second-order valence-electron chi connectivity index (χ2n) is 6.87. The zero-order valence-corrected chi connectivity index (χ0v) is 14.9. The summed E-state index contributed by atoms with van der Waals surface area (Å²) < 4.78 is 0. The Bertz CT molecular complexity index is 568. The minimum absolute atomic E-state index is 0.0459. The van der Waals surface area contributed by atoms with Gasteiger partial charge in [0.2, 0.25) is 0 Å². The Morgan fingerprint density at radius 3 is 2.71 bits per heavy atom. The number of rotatable bonds is 5. The van der Waals surface area contributed by atoms with E-state index in [1.54, 1.807) is 6.20 Å². The molecule has 1 N–H and O–H groups in total. The third kappa shape index (κ3) is 4.14. The first-order chi connectivity index (χ1) is 11.5. The van der Waals surface area contributed by atoms with Crippen LogP contribution >= 0.6 is 0 Å². The van der Waals surface area contributed by atoms with Gasteiger partial charge >= 0.3 is 6.03 Å². The molecule has 0 aromatic carbocycles. The van der Waals surface area contributed by atoms with Crippen LogP contribution in [0.15, 0.2) is 12.3 Å². The first-order valence-electron chi connectivity index (χ1n) is 8.84. The van der Waals surface area contributed by atoms with Gasteiger partial charge in [0.15, 0.2) is 0 Å². The minimum atomic E-state index is 0.0459. The van der Waals surface area contributed by atoms with Crippen molar-refractivity contribution in [3.63, 3.8) is 0 Å². The molecule has 0 radical (unpaired) electrons. The van der Waals surface area contributed by atoms with Gasteiger partial charge in [0.1, 0.15) is 11.6 Å². The molecule has 1 atom stereocenters. The number of carbonyl (C=O) groups excluding carboxylic acids is 1. The number of hydrogen-bond acceptors (Lipinski definition) is 5. The Balaban J connectivity index is 1.43. The van der Waals surface area contributed by atoms with Crippen molar-refractivity contribution in [3.8, 4) is 0 Å². The van der Waals surface area contributed by atoms with Gasteiger partial charge in [0, 0.05) is 51.0 Å². The highest BCUT2D eigenvalue weighted by molar-refractivity contribution is 5.74. The summed E-state index contributed by atoms with van der Waals surface area (Å²) in [5.41, 5.74) is 0. The summed E-state index contributed by atoms with van der Waals surface area (Å²) in [6, 6.07) is 3.08. The molecule has 1 saturated carbocycles. The van der Waals surface area contributed by atoms with Crippen LogP contribution < -0.4 is 10.2 Å². The molecule has 0 spiro atoms. The number of likely N-dealkylation sites (N-methyl/N-ethyl adjacent to an activating group) is 1. The van der Waals surface area contributed by atoms with E-state index in [0.717, 1.165) is 43.9 Å². The standard InChI is InChI=1S/C17H28N6O/c1-13(21(3)15-4-5-15)12-19-17(24)23-10-8-22(9-11-23)16-6-7-18-14(2)20-16/h6-7,13,15H,4-5,8-12H2,1-3H3,(H,19,24). The third-order valence-electron chi connectivity index (χ3n) is 5.02. The zero-order chi connectivity index (χ0) is 17.1. The van der Waals surface area contributed by atoms with Crippen molar-refractivity contribution in [1.82, 2.24) is 25.1 Å². The van der Waals surface area contributed by atoms with Gasteiger partial charge in [-0.25, -0.2) is 14.8 Å². The Morgan fingerprint density at radius 2 is 2.08 bits per heavy atom. The summed E-state index contributed by atoms with van der Waals surface area (Å²) in [4.78, 5) is 27.4. The van der Waals surface area contributed by atoms with Crippen LogP contribution in [0.5, 0.6) is 0 Å². The molecule has 2 aliphatic rings. The number of aromatic nitrogens is 2. The van der Waals surface area contributed by atoms with Crippen LogP contribution in [0.25, 0.3) is 0 Å². The highest BCUT2D eigenvalue weighted by Gasteiger charge is 2.29. The van der Waals surface area contributed by atoms with Crippen molar-refractivity contribution in [2.45, 2.75) is 38.8 Å². The predicted octanol–water partition coefficient (Wildman–Crippen LogP) is 1.10. The number of anilines is 1. The van der Waals surface area contributed by atoms with Crippen LogP contribution in [0.2, 0.25) is 0 Å². The molecule has 7 nitrogen and oxygen atoms in total. The highest BCUT2D eigenvalue weighted by atomic mass is 16.2. The monoisotopic (exact) mass is 332 g/mol. The molecule has 0 bridgehead atoms. The predicted molar refractivity (Wildman–Crippen MR) is 94.2 cm³/mol. The maximum atomic E-state index is 12.4. The Hall–Kier alpha value is -1.89. The molecule has 1 aliphatic carbocycles. The van der Waals surface area contributed by atoms with E-state index in [4.69, 9.17) is 0 Å². The van der Waals surface area contributed by atoms with Crippen LogP contribution in [0.1, 0.15) is 25.6 Å². The second kappa shape index (κ2) is 7.34. The van der Waals surface area contributed by atoms with Crippen LogP contribution in [-0.2, 0) is 0 Å². The molecule has 24 heavy (non-hydrogen) atoms. The first-order valence-corrected chi connectivity index (χ1v) is 8.84. The maximum absolute atomic E-state index is 12.4. The van der Waals surface area contributed by atoms with Crippen molar-refractivity contribution in [1.29, 1.82) is 0 Å². The largest absolute Gasteiger partial charge is 0.353 e. The van der Waals surface area contributed by atoms with E-state index in [2.05, 4.69) is 39.1 Å². The number of nitrogens with zero attached hydrogens (tertiary/aromatic N) is 5. The van der Waals surface area contributed by atoms with Crippen molar-refractivity contribution < 1.29 is 4.79 Å². The molecule has 1 aromatic rings. The summed E-state index contributed by atoms with van der Waals surface area (Å²) in [6.45, 7) is 7.84. The topological polar surface area (TPSA) is 64.6 Å². The van der Waals surface area contributed by atoms with E-state index in [1.165, 1.54) is 12.8 Å². The summed E-state index contributed by atoms with van der Waals surface area (Å²) >= 11 is 0. The molecule has 1 saturated heterocycles. The van der Waals surface area contributed by atoms with Gasteiger partial charge in [-0.2, -0.15) is 0 Å². The lowest BCUT2D eigenvalue weighted by Gasteiger charge is -2.35. The fraction of sp³-hybridized carbons (Fsp3) is 0.706. The lowest BCUT2D eigenvalue weighted by molar-refractivity contribution is 0.186. The van der Waals surface area contributed by atoms with Gasteiger partial charge in [-0.3, -0.25) is 4.90 Å². The SMILES string of the molecule is Cc1nccc(N2CCN(C(=O)NCC(C)N(C)C3CC3)CC2)n1. The summed E-state index contributed by atoms with van der Waals surface area (Å²) in [5.74, 6) is 1.73. The summed E-state index contributed by atoms with van der Waals surface area (Å²) in [7, 11) is 2.15. The number of amides is 2. The molecule has 1 unspecified atom stereocenters. The quantitative estimate of drug-likeness (QED) is 0.875. The van der Waals surface area contributed by atoms with Crippen molar-refractivity contribution in [2.24, 2.45) is 0 Å². The number of aryl methyl sites for hydroxylation is 1. The van der Waals surface area contributed by atoms with E-state index in [-0.39, 0.29) is 6.03 Å². The fourth-order valence-electron chi connectivity index (χ4n) is 3.09. The Kier molecular flexibility index (Phi) is 5.18. The Morgan fingerprint density at radius 1 is 1.38 bits per heavy atom. The fourth-order valence-corrected chi connectivity index (χ4v) is 3.09. The number of piperazine rings is 1. The number of carbonyl (C=O) groups is 1. The van der Waals surface area contributed by atoms with Gasteiger partial charge in [-0.05, 0) is 39.8 Å². The van der Waals surface area contributed by atoms with Crippen molar-refractivity contribution >= 4 is 11.8 Å². The van der Waals surface area contributed by atoms with Crippen LogP contribution in [0.3, 0.4) is 0 Å². The van der Waals surface area contributed by atoms with Crippen molar-refractivity contribution in [3.05, 3.63) is 18.1 Å². The van der Waals surface area contributed by atoms with Crippen molar-refractivity contribution in [2.75, 3.05) is 44.7 Å². The summed E-state index contributed by atoms with van der Waals surface area (Å²) in [6.07, 6.45) is 4.37. The van der Waals surface area contributed by atoms with Crippen LogP contribution in [0.4, 0.5) is 10.6 Å². The molecule has 2 heterocycles. The normalized spacial score (nSPS) is 19.5. The van der Waals surface area contributed by atoms with E-state index in [0.29, 0.717) is 12.6 Å². The number of urea groups is 1. The second-order valence-corrected chi connectivity index (χ2v) is 6.87. The molecular weight excluding hydrogens is 304 g/mol. The average molecular weight is 332 g/mol. The molecular formula is C17H28N6O. The Labute approximate surface area is 144 Å². The van der Waals surface area contributed by atoms with Gasteiger partial charge < -0.3 is 15.1 Å². The van der Waals surface area contributed by atoms with E-state index >= 15 is 0 Å². The maximum Gasteiger partial charge on any atom is 0.317 e. The number of nitrogens with one attached hydrogen (secondary N) is 1. The van der Waals surface area contributed by atoms with Gasteiger partial charge in [-0.1, -0.05) is 0 Å². The van der Waals surface area contributed by atoms with Crippen LogP contribution in [0, 0.1) is 6.92 Å². The molecule has 1 aromatic heterocycles. The van der Waals surface area contributed by atoms with Gasteiger partial charge in [-0.15, -0.1) is 0 Å². The smallest absolute Gasteiger partial charge is 0.317 e. The van der Waals surface area contributed by atoms with E-state index in [9.17, 15) is 4.79 Å². The summed E-state index contributed by atoms with van der Waals surface area (Å²) in [5, 5.41) is 3.08. The minimum Gasteiger partial charge on any atom is -0.353 e. The average Bonchev–Trinajstić information content (AvgIpc) is 3.44. The van der Waals surface area contributed by atoms with Gasteiger partial charge in [0.25, 0.3) is 0 Å². The lowest BCUT2D eigenvalue weighted by Crippen LogP contribution is -2.53. The molecule has 3 rings (SSSR count). The molecule has 2 amide bonds. The van der Waals surface area contributed by atoms with E-state index in [1.807, 2.05) is 17.9 Å². The van der Waals surface area contributed by atoms with Crippen LogP contribution in [-0.4, -0.2) is 77.7 Å². The van der Waals surface area contributed by atoms with E-state index < -0.39 is 0 Å². The zero-order valence-electron chi connectivity index (χ0n) is 14.9. The number of hydrogen-bond donors (Lipinski definition) is 1. The highest BCUT2D eigenvalue weighted by Crippen LogP contribution is 2.26. The lowest BCUT2D eigenvalue weighted by atomic mass is 10.3. The molecule has 2 fully saturated rings. The molecule has 132 valence electrons. The first kappa shape index (κ1) is 17.0. The molecule has 7 heteroatoms.